The number of phenols is 1. The van der Waals surface area contributed by atoms with Gasteiger partial charge in [-0.2, -0.15) is 5.10 Å². The van der Waals surface area contributed by atoms with Gasteiger partial charge < -0.3 is 15.2 Å². The Morgan fingerprint density at radius 2 is 2.12 bits per heavy atom. The highest BCUT2D eigenvalue weighted by Gasteiger charge is 2.13. The molecule has 1 saturated heterocycles. The molecular formula is C17H22N4O3. The van der Waals surface area contributed by atoms with Gasteiger partial charge in [0.15, 0.2) is 0 Å². The van der Waals surface area contributed by atoms with Crippen molar-refractivity contribution in [2.45, 2.75) is 13.5 Å². The summed E-state index contributed by atoms with van der Waals surface area (Å²) < 4.78 is 7.13. The fourth-order valence-corrected chi connectivity index (χ4v) is 2.65. The van der Waals surface area contributed by atoms with E-state index in [-0.39, 0.29) is 17.2 Å². The Bertz CT molecular complexity index is 708. The van der Waals surface area contributed by atoms with E-state index in [0.717, 1.165) is 45.0 Å². The second-order valence-electron chi connectivity index (χ2n) is 5.92. The number of benzene rings is 1. The van der Waals surface area contributed by atoms with Crippen molar-refractivity contribution in [2.75, 3.05) is 38.2 Å². The molecule has 1 aromatic heterocycles. The van der Waals surface area contributed by atoms with Gasteiger partial charge >= 0.3 is 0 Å². The fourth-order valence-electron chi connectivity index (χ4n) is 2.65. The number of nitrogens with zero attached hydrogens (tertiary/aromatic N) is 3. The molecule has 1 amide bonds. The fraction of sp³-hybridized carbons (Fsp3) is 0.412. The number of amides is 1. The molecule has 0 saturated carbocycles. The zero-order valence-electron chi connectivity index (χ0n) is 13.7. The molecule has 7 heteroatoms. The van der Waals surface area contributed by atoms with Crippen LogP contribution in [0.2, 0.25) is 0 Å². The Kier molecular flexibility index (Phi) is 5.12. The lowest BCUT2D eigenvalue weighted by Crippen LogP contribution is -2.38. The quantitative estimate of drug-likeness (QED) is 0.868. The summed E-state index contributed by atoms with van der Waals surface area (Å²) in [5, 5.41) is 16.9. The van der Waals surface area contributed by atoms with Crippen molar-refractivity contribution in [3.05, 3.63) is 41.7 Å². The molecule has 7 nitrogen and oxygen atoms in total. The van der Waals surface area contributed by atoms with E-state index >= 15 is 0 Å². The molecule has 1 aromatic carbocycles. The van der Waals surface area contributed by atoms with Crippen LogP contribution in [0.3, 0.4) is 0 Å². The molecule has 2 heterocycles. The number of carbonyl (C=O) groups is 1. The van der Waals surface area contributed by atoms with Gasteiger partial charge in [-0.1, -0.05) is 11.6 Å². The van der Waals surface area contributed by atoms with Gasteiger partial charge in [0.05, 0.1) is 37.2 Å². The van der Waals surface area contributed by atoms with E-state index in [9.17, 15) is 9.90 Å². The lowest BCUT2D eigenvalue weighted by molar-refractivity contribution is 0.0360. The highest BCUT2D eigenvalue weighted by atomic mass is 16.5. The maximum absolute atomic E-state index is 12.3. The van der Waals surface area contributed by atoms with Crippen LogP contribution in [-0.2, 0) is 11.3 Å². The zero-order chi connectivity index (χ0) is 16.9. The number of rotatable bonds is 5. The molecule has 3 rings (SSSR count). The number of morpholine rings is 1. The summed E-state index contributed by atoms with van der Waals surface area (Å²) in [4.78, 5) is 14.6. The van der Waals surface area contributed by atoms with E-state index in [1.54, 1.807) is 29.2 Å². The van der Waals surface area contributed by atoms with Crippen LogP contribution in [0, 0.1) is 6.92 Å². The van der Waals surface area contributed by atoms with Crippen molar-refractivity contribution in [3.8, 4) is 5.75 Å². The summed E-state index contributed by atoms with van der Waals surface area (Å²) in [6.45, 7) is 6.97. The molecule has 1 aliphatic rings. The third-order valence-corrected chi connectivity index (χ3v) is 4.04. The lowest BCUT2D eigenvalue weighted by atomic mass is 10.1. The number of hydrogen-bond donors (Lipinski definition) is 2. The van der Waals surface area contributed by atoms with Gasteiger partial charge in [0, 0.05) is 25.8 Å². The summed E-state index contributed by atoms with van der Waals surface area (Å²) in [5.74, 6) is -0.373. The summed E-state index contributed by atoms with van der Waals surface area (Å²) in [5.41, 5.74) is 1.79. The molecular weight excluding hydrogens is 308 g/mol. The Morgan fingerprint density at radius 3 is 2.92 bits per heavy atom. The first-order chi connectivity index (χ1) is 11.6. The van der Waals surface area contributed by atoms with Crippen LogP contribution in [-0.4, -0.2) is 58.5 Å². The smallest absolute Gasteiger partial charge is 0.259 e. The molecule has 2 N–H and O–H groups in total. The predicted octanol–water partition coefficient (Wildman–Crippen LogP) is 1.48. The minimum atomic E-state index is -0.344. The largest absolute Gasteiger partial charge is 0.507 e. The first kappa shape index (κ1) is 16.5. The monoisotopic (exact) mass is 330 g/mol. The van der Waals surface area contributed by atoms with Gasteiger partial charge in [-0.05, 0) is 19.1 Å². The summed E-state index contributed by atoms with van der Waals surface area (Å²) >= 11 is 0. The van der Waals surface area contributed by atoms with Crippen molar-refractivity contribution in [1.82, 2.24) is 14.7 Å². The molecule has 0 atom stereocenters. The van der Waals surface area contributed by atoms with E-state index in [4.69, 9.17) is 4.74 Å². The maximum atomic E-state index is 12.3. The van der Waals surface area contributed by atoms with Crippen molar-refractivity contribution >= 4 is 11.6 Å². The van der Waals surface area contributed by atoms with Crippen molar-refractivity contribution in [2.24, 2.45) is 0 Å². The minimum absolute atomic E-state index is 0.0298. The van der Waals surface area contributed by atoms with Gasteiger partial charge in [-0.15, -0.1) is 0 Å². The van der Waals surface area contributed by atoms with Crippen LogP contribution in [0.25, 0.3) is 0 Å². The lowest BCUT2D eigenvalue weighted by Gasteiger charge is -2.26. The van der Waals surface area contributed by atoms with Gasteiger partial charge in [0.1, 0.15) is 5.75 Å². The molecule has 1 aliphatic heterocycles. The summed E-state index contributed by atoms with van der Waals surface area (Å²) in [6.07, 6.45) is 3.41. The summed E-state index contributed by atoms with van der Waals surface area (Å²) in [6, 6.07) is 4.94. The van der Waals surface area contributed by atoms with Gasteiger partial charge in [-0.3, -0.25) is 14.4 Å². The first-order valence-electron chi connectivity index (χ1n) is 8.05. The highest BCUT2D eigenvalue weighted by Crippen LogP contribution is 2.19. The topological polar surface area (TPSA) is 79.6 Å². The molecule has 0 radical (unpaired) electrons. The van der Waals surface area contributed by atoms with Crippen molar-refractivity contribution in [3.63, 3.8) is 0 Å². The zero-order valence-corrected chi connectivity index (χ0v) is 13.7. The van der Waals surface area contributed by atoms with E-state index in [1.807, 2.05) is 6.92 Å². The molecule has 0 unspecified atom stereocenters. The Hall–Kier alpha value is -2.38. The average molecular weight is 330 g/mol. The van der Waals surface area contributed by atoms with E-state index in [1.165, 1.54) is 6.07 Å². The highest BCUT2D eigenvalue weighted by molar-refractivity contribution is 6.06. The molecule has 0 spiro atoms. The Morgan fingerprint density at radius 1 is 1.33 bits per heavy atom. The Labute approximate surface area is 140 Å². The molecule has 0 bridgehead atoms. The van der Waals surface area contributed by atoms with Crippen LogP contribution in [0.5, 0.6) is 5.75 Å². The number of aryl methyl sites for hydroxylation is 1. The second kappa shape index (κ2) is 7.46. The normalized spacial score (nSPS) is 15.4. The number of ether oxygens (including phenoxy) is 1. The van der Waals surface area contributed by atoms with Gasteiger partial charge in [0.25, 0.3) is 5.91 Å². The number of aromatic nitrogens is 2. The maximum Gasteiger partial charge on any atom is 0.259 e. The van der Waals surface area contributed by atoms with Crippen LogP contribution >= 0.6 is 0 Å². The van der Waals surface area contributed by atoms with Crippen LogP contribution in [0.4, 0.5) is 5.69 Å². The van der Waals surface area contributed by atoms with Gasteiger partial charge in [-0.25, -0.2) is 0 Å². The van der Waals surface area contributed by atoms with Crippen LogP contribution < -0.4 is 5.32 Å². The van der Waals surface area contributed by atoms with E-state index in [0.29, 0.717) is 5.69 Å². The number of nitrogens with one attached hydrogen (secondary N) is 1. The minimum Gasteiger partial charge on any atom is -0.507 e. The number of anilines is 1. The van der Waals surface area contributed by atoms with E-state index in [2.05, 4.69) is 15.3 Å². The Balaban J connectivity index is 1.57. The number of carbonyl (C=O) groups excluding carboxylic acids is 1. The van der Waals surface area contributed by atoms with Gasteiger partial charge in [0.2, 0.25) is 0 Å². The molecule has 1 fully saturated rings. The molecule has 0 aliphatic carbocycles. The van der Waals surface area contributed by atoms with Crippen molar-refractivity contribution < 1.29 is 14.6 Å². The third-order valence-electron chi connectivity index (χ3n) is 4.04. The summed E-state index contributed by atoms with van der Waals surface area (Å²) in [7, 11) is 0. The predicted molar refractivity (Wildman–Crippen MR) is 90.3 cm³/mol. The second-order valence-corrected chi connectivity index (χ2v) is 5.92. The number of phenolic OH excluding ortho intramolecular Hbond substituents is 1. The molecule has 128 valence electrons. The van der Waals surface area contributed by atoms with Crippen LogP contribution in [0.15, 0.2) is 30.6 Å². The van der Waals surface area contributed by atoms with E-state index < -0.39 is 0 Å². The van der Waals surface area contributed by atoms with Crippen molar-refractivity contribution in [1.29, 1.82) is 0 Å². The molecule has 24 heavy (non-hydrogen) atoms. The number of hydrogen-bond acceptors (Lipinski definition) is 5. The number of aromatic hydroxyl groups is 1. The standard InChI is InChI=1S/C17H22N4O3/c1-13-2-3-16(22)15(10-13)17(23)19-14-11-18-21(12-14)5-4-20-6-8-24-9-7-20/h2-3,10-12,22H,4-9H2,1H3,(H,19,23). The average Bonchev–Trinajstić information content (AvgIpc) is 3.03. The third kappa shape index (κ3) is 4.12. The SMILES string of the molecule is Cc1ccc(O)c(C(=O)Nc2cnn(CCN3CCOCC3)c2)c1. The first-order valence-corrected chi connectivity index (χ1v) is 8.05. The molecule has 2 aromatic rings. The van der Waals surface area contributed by atoms with Crippen LogP contribution in [0.1, 0.15) is 15.9 Å².